The molecule has 0 N–H and O–H groups in total. The van der Waals surface area contributed by atoms with Gasteiger partial charge in [0.15, 0.2) is 0 Å². The minimum absolute atomic E-state index is 0.227. The third-order valence-corrected chi connectivity index (χ3v) is 6.15. The molecule has 3 fully saturated rings. The monoisotopic (exact) mass is 304 g/mol. The van der Waals surface area contributed by atoms with Crippen molar-refractivity contribution in [2.75, 3.05) is 18.8 Å². The summed E-state index contributed by atoms with van der Waals surface area (Å²) < 4.78 is 6.19. The molecule has 0 bridgehead atoms. The van der Waals surface area contributed by atoms with Crippen molar-refractivity contribution < 1.29 is 9.53 Å². The molecule has 4 rings (SSSR count). The zero-order valence-electron chi connectivity index (χ0n) is 12.0. The molecule has 1 spiro atoms. The molecule has 1 aromatic heterocycles. The molecule has 3 aliphatic rings. The fourth-order valence-electron chi connectivity index (χ4n) is 3.21. The fraction of sp³-hybridized carbons (Fsp3) is 0.625. The lowest BCUT2D eigenvalue weighted by atomic mass is 9.92. The van der Waals surface area contributed by atoms with Gasteiger partial charge in [0.2, 0.25) is 11.8 Å². The van der Waals surface area contributed by atoms with Gasteiger partial charge in [-0.05, 0) is 24.8 Å². The zero-order valence-corrected chi connectivity index (χ0v) is 12.8. The molecule has 1 atom stereocenters. The minimum atomic E-state index is 0.227. The number of rotatable bonds is 4. The largest absolute Gasteiger partial charge is 0.473 e. The van der Waals surface area contributed by atoms with Gasteiger partial charge in [-0.1, -0.05) is 6.07 Å². The van der Waals surface area contributed by atoms with Crippen molar-refractivity contribution in [2.45, 2.75) is 36.5 Å². The maximum Gasteiger partial charge on any atom is 0.222 e. The highest BCUT2D eigenvalue weighted by molar-refractivity contribution is 8.01. The van der Waals surface area contributed by atoms with E-state index in [0.29, 0.717) is 17.7 Å². The summed E-state index contributed by atoms with van der Waals surface area (Å²) in [6.45, 7) is 1.82. The van der Waals surface area contributed by atoms with E-state index in [2.05, 4.69) is 4.98 Å². The summed E-state index contributed by atoms with van der Waals surface area (Å²) in [5.41, 5.74) is 0. The van der Waals surface area contributed by atoms with Crippen LogP contribution in [-0.2, 0) is 4.79 Å². The molecular formula is C16H20N2O2S. The smallest absolute Gasteiger partial charge is 0.222 e. The maximum atomic E-state index is 12.1. The summed E-state index contributed by atoms with van der Waals surface area (Å²) in [7, 11) is 0. The Labute approximate surface area is 129 Å². The van der Waals surface area contributed by atoms with Crippen molar-refractivity contribution >= 4 is 17.7 Å². The molecule has 0 aromatic carbocycles. The molecule has 1 unspecified atom stereocenters. The summed E-state index contributed by atoms with van der Waals surface area (Å²) in [5.74, 6) is 2.76. The van der Waals surface area contributed by atoms with Gasteiger partial charge in [-0.15, -0.1) is 11.8 Å². The molecular weight excluding hydrogens is 284 g/mol. The summed E-state index contributed by atoms with van der Waals surface area (Å²) in [6.07, 6.45) is 6.29. The van der Waals surface area contributed by atoms with Gasteiger partial charge < -0.3 is 9.64 Å². The number of carbonyl (C=O) groups is 1. The number of likely N-dealkylation sites (tertiary alicyclic amines) is 1. The number of nitrogens with zero attached hydrogens (tertiary/aromatic N) is 2. The zero-order chi connectivity index (χ0) is 14.3. The lowest BCUT2D eigenvalue weighted by Gasteiger charge is -2.47. The molecule has 0 radical (unpaired) electrons. The normalized spacial score (nSPS) is 26.7. The quantitative estimate of drug-likeness (QED) is 0.856. The number of thioether (sulfide) groups is 1. The van der Waals surface area contributed by atoms with Crippen LogP contribution in [0.25, 0.3) is 0 Å². The van der Waals surface area contributed by atoms with E-state index in [1.54, 1.807) is 6.20 Å². The number of aromatic nitrogens is 1. The van der Waals surface area contributed by atoms with Crippen molar-refractivity contribution in [2.24, 2.45) is 5.92 Å². The minimum Gasteiger partial charge on any atom is -0.473 e. The van der Waals surface area contributed by atoms with Crippen molar-refractivity contribution in [3.05, 3.63) is 24.4 Å². The average molecular weight is 304 g/mol. The summed E-state index contributed by atoms with van der Waals surface area (Å²) in [6, 6.07) is 5.75. The molecule has 5 heteroatoms. The van der Waals surface area contributed by atoms with Crippen LogP contribution < -0.4 is 4.74 Å². The molecule has 112 valence electrons. The SMILES string of the molecule is O=C(CC1CC1)N1CC2(CC(Oc3ccccn3)CS2)C1. The molecule has 21 heavy (non-hydrogen) atoms. The van der Waals surface area contributed by atoms with E-state index in [-0.39, 0.29) is 10.9 Å². The summed E-state index contributed by atoms with van der Waals surface area (Å²) in [4.78, 5) is 18.3. The van der Waals surface area contributed by atoms with Crippen molar-refractivity contribution in [1.29, 1.82) is 0 Å². The average Bonchev–Trinajstić information content (AvgIpc) is 3.15. The Kier molecular flexibility index (Phi) is 3.32. The van der Waals surface area contributed by atoms with Gasteiger partial charge in [-0.2, -0.15) is 0 Å². The van der Waals surface area contributed by atoms with E-state index in [0.717, 1.165) is 31.7 Å². The van der Waals surface area contributed by atoms with Gasteiger partial charge in [-0.3, -0.25) is 4.79 Å². The van der Waals surface area contributed by atoms with Gasteiger partial charge in [0, 0.05) is 43.9 Å². The second-order valence-corrected chi connectivity index (χ2v) is 7.99. The number of pyridine rings is 1. The third-order valence-electron chi connectivity index (χ3n) is 4.57. The number of hydrogen-bond acceptors (Lipinski definition) is 4. The predicted molar refractivity (Wildman–Crippen MR) is 82.4 cm³/mol. The summed E-state index contributed by atoms with van der Waals surface area (Å²) >= 11 is 1.97. The van der Waals surface area contributed by atoms with Crippen molar-refractivity contribution in [1.82, 2.24) is 9.88 Å². The Hall–Kier alpha value is -1.23. The number of amides is 1. The van der Waals surface area contributed by atoms with E-state index in [9.17, 15) is 4.79 Å². The van der Waals surface area contributed by atoms with E-state index in [4.69, 9.17) is 4.74 Å². The van der Waals surface area contributed by atoms with Crippen LogP contribution in [0.15, 0.2) is 24.4 Å². The first-order chi connectivity index (χ1) is 10.2. The molecule has 2 saturated heterocycles. The Morgan fingerprint density at radius 3 is 3.00 bits per heavy atom. The van der Waals surface area contributed by atoms with Crippen LogP contribution in [0.3, 0.4) is 0 Å². The Bertz CT molecular complexity index is 526. The van der Waals surface area contributed by atoms with Gasteiger partial charge >= 0.3 is 0 Å². The third kappa shape index (κ3) is 2.89. The van der Waals surface area contributed by atoms with Crippen LogP contribution in [0.2, 0.25) is 0 Å². The van der Waals surface area contributed by atoms with Gasteiger partial charge in [0.25, 0.3) is 0 Å². The molecule has 4 nitrogen and oxygen atoms in total. The Morgan fingerprint density at radius 1 is 1.43 bits per heavy atom. The Balaban J connectivity index is 1.28. The van der Waals surface area contributed by atoms with Crippen LogP contribution in [0, 0.1) is 5.92 Å². The summed E-state index contributed by atoms with van der Waals surface area (Å²) in [5, 5.41) is 0. The molecule has 1 saturated carbocycles. The lowest BCUT2D eigenvalue weighted by molar-refractivity contribution is -0.136. The highest BCUT2D eigenvalue weighted by Crippen LogP contribution is 2.46. The highest BCUT2D eigenvalue weighted by Gasteiger charge is 2.51. The predicted octanol–water partition coefficient (Wildman–Crippen LogP) is 2.35. The van der Waals surface area contributed by atoms with Crippen LogP contribution >= 0.6 is 11.8 Å². The maximum absolute atomic E-state index is 12.1. The van der Waals surface area contributed by atoms with E-state index < -0.39 is 0 Å². The molecule has 2 aliphatic heterocycles. The van der Waals surface area contributed by atoms with Crippen LogP contribution in [0.1, 0.15) is 25.7 Å². The van der Waals surface area contributed by atoms with Crippen LogP contribution in [0.4, 0.5) is 0 Å². The van der Waals surface area contributed by atoms with Gasteiger partial charge in [0.05, 0.1) is 4.75 Å². The molecule has 1 aliphatic carbocycles. The van der Waals surface area contributed by atoms with Crippen molar-refractivity contribution in [3.8, 4) is 5.88 Å². The molecule has 1 amide bonds. The fourth-order valence-corrected chi connectivity index (χ4v) is 4.73. The topological polar surface area (TPSA) is 42.4 Å². The first-order valence-corrected chi connectivity index (χ1v) is 8.70. The van der Waals surface area contributed by atoms with Gasteiger partial charge in [0.1, 0.15) is 6.10 Å². The molecule has 1 aromatic rings. The number of carbonyl (C=O) groups excluding carboxylic acids is 1. The van der Waals surface area contributed by atoms with E-state index in [1.165, 1.54) is 12.8 Å². The lowest BCUT2D eigenvalue weighted by Crippen LogP contribution is -2.60. The molecule has 3 heterocycles. The standard InChI is InChI=1S/C16H20N2O2S/c19-15(7-12-4-5-12)18-10-16(11-18)8-13(9-21-16)20-14-3-1-2-6-17-14/h1-3,6,12-13H,4-5,7-11H2. The number of hydrogen-bond donors (Lipinski definition) is 0. The number of ether oxygens (including phenoxy) is 1. The Morgan fingerprint density at radius 2 is 2.29 bits per heavy atom. The first-order valence-electron chi connectivity index (χ1n) is 7.72. The second-order valence-electron chi connectivity index (χ2n) is 6.50. The van der Waals surface area contributed by atoms with Crippen LogP contribution in [-0.4, -0.2) is 45.5 Å². The first kappa shape index (κ1) is 13.4. The van der Waals surface area contributed by atoms with E-state index in [1.807, 2.05) is 34.9 Å². The van der Waals surface area contributed by atoms with Crippen molar-refractivity contribution in [3.63, 3.8) is 0 Å². The van der Waals surface area contributed by atoms with Crippen LogP contribution in [0.5, 0.6) is 5.88 Å². The van der Waals surface area contributed by atoms with E-state index >= 15 is 0 Å². The van der Waals surface area contributed by atoms with Gasteiger partial charge in [-0.25, -0.2) is 4.98 Å². The highest BCUT2D eigenvalue weighted by atomic mass is 32.2. The second kappa shape index (κ2) is 5.20.